The minimum atomic E-state index is -0.584. The molecule has 2 N–H and O–H groups in total. The molecule has 2 aromatic heterocycles. The first kappa shape index (κ1) is 18.3. The molecule has 0 bridgehead atoms. The van der Waals surface area contributed by atoms with Crippen LogP contribution in [0.3, 0.4) is 0 Å². The van der Waals surface area contributed by atoms with E-state index in [4.69, 9.17) is 33.7 Å². The van der Waals surface area contributed by atoms with Gasteiger partial charge in [0, 0.05) is 29.6 Å². The van der Waals surface area contributed by atoms with Crippen LogP contribution in [0.5, 0.6) is 5.75 Å². The molecule has 0 aliphatic rings. The summed E-state index contributed by atoms with van der Waals surface area (Å²) in [5.74, 6) is 0.181. The molecule has 140 valence electrons. The van der Waals surface area contributed by atoms with E-state index in [-0.39, 0.29) is 34.3 Å². The van der Waals surface area contributed by atoms with Crippen LogP contribution in [0.1, 0.15) is 5.82 Å². The second kappa shape index (κ2) is 7.53. The van der Waals surface area contributed by atoms with Gasteiger partial charge in [0.2, 0.25) is 0 Å². The van der Waals surface area contributed by atoms with E-state index in [9.17, 15) is 0 Å². The standard InChI is InChI=1S/C19H12Cl2FN5O/c20-11-4-1-3-10(17(11)21)15-12(22)7-13(16-18(15)26-9-27-19(16)23)28-8-14-24-5-2-6-25-14/h1-7,9H,8H2,(H2,23,26,27). The van der Waals surface area contributed by atoms with Crippen molar-refractivity contribution in [3.05, 3.63) is 70.7 Å². The minimum absolute atomic E-state index is 0.0288. The number of nitrogen functional groups attached to an aromatic ring is 1. The van der Waals surface area contributed by atoms with Crippen LogP contribution >= 0.6 is 23.2 Å². The number of fused-ring (bicyclic) bond motifs is 1. The van der Waals surface area contributed by atoms with Crippen molar-refractivity contribution in [3.8, 4) is 16.9 Å². The number of anilines is 1. The number of nitrogens with zero attached hydrogens (tertiary/aromatic N) is 4. The lowest BCUT2D eigenvalue weighted by molar-refractivity contribution is 0.298. The molecule has 0 spiro atoms. The molecule has 0 amide bonds. The first-order chi connectivity index (χ1) is 13.6. The predicted octanol–water partition coefficient (Wildman–Crippen LogP) is 4.69. The van der Waals surface area contributed by atoms with Crippen LogP contribution < -0.4 is 10.5 Å². The van der Waals surface area contributed by atoms with Gasteiger partial charge < -0.3 is 10.5 Å². The zero-order chi connectivity index (χ0) is 19.7. The number of halogens is 3. The maximum Gasteiger partial charge on any atom is 0.166 e. The van der Waals surface area contributed by atoms with Crippen LogP contribution in [0.15, 0.2) is 49.1 Å². The van der Waals surface area contributed by atoms with Gasteiger partial charge >= 0.3 is 0 Å². The van der Waals surface area contributed by atoms with E-state index in [0.29, 0.717) is 21.8 Å². The molecular weight excluding hydrogens is 404 g/mol. The molecule has 0 fully saturated rings. The molecule has 4 aromatic rings. The highest BCUT2D eigenvalue weighted by Crippen LogP contribution is 2.42. The topological polar surface area (TPSA) is 86.8 Å². The number of rotatable bonds is 4. The minimum Gasteiger partial charge on any atom is -0.485 e. The molecule has 4 rings (SSSR count). The van der Waals surface area contributed by atoms with Gasteiger partial charge in [-0.2, -0.15) is 0 Å². The van der Waals surface area contributed by atoms with Crippen LogP contribution in [0.25, 0.3) is 22.0 Å². The third kappa shape index (κ3) is 3.30. The summed E-state index contributed by atoms with van der Waals surface area (Å²) in [5.41, 5.74) is 6.87. The van der Waals surface area contributed by atoms with Crippen molar-refractivity contribution >= 4 is 39.9 Å². The Balaban J connectivity index is 1.89. The number of ether oxygens (including phenoxy) is 1. The Morgan fingerprint density at radius 2 is 1.82 bits per heavy atom. The summed E-state index contributed by atoms with van der Waals surface area (Å²) in [6, 6.07) is 7.86. The van der Waals surface area contributed by atoms with Gasteiger partial charge in [-0.25, -0.2) is 24.3 Å². The quantitative estimate of drug-likeness (QED) is 0.519. The molecule has 9 heteroatoms. The van der Waals surface area contributed by atoms with Crippen molar-refractivity contribution in [2.45, 2.75) is 6.61 Å². The lowest BCUT2D eigenvalue weighted by Gasteiger charge is -2.15. The number of benzene rings is 2. The van der Waals surface area contributed by atoms with Crippen LogP contribution in [0.4, 0.5) is 10.2 Å². The fraction of sp³-hybridized carbons (Fsp3) is 0.0526. The van der Waals surface area contributed by atoms with Gasteiger partial charge in [0.25, 0.3) is 0 Å². The zero-order valence-corrected chi connectivity index (χ0v) is 15.7. The van der Waals surface area contributed by atoms with Crippen LogP contribution in [0, 0.1) is 5.82 Å². The number of nitrogens with two attached hydrogens (primary N) is 1. The lowest BCUT2D eigenvalue weighted by atomic mass is 10.0. The van der Waals surface area contributed by atoms with Gasteiger partial charge in [-0.05, 0) is 12.1 Å². The average Bonchev–Trinajstić information content (AvgIpc) is 2.70. The highest BCUT2D eigenvalue weighted by Gasteiger charge is 2.21. The van der Waals surface area contributed by atoms with Crippen LogP contribution in [0.2, 0.25) is 10.0 Å². The Morgan fingerprint density at radius 1 is 1.04 bits per heavy atom. The van der Waals surface area contributed by atoms with Gasteiger partial charge in [0.1, 0.15) is 30.3 Å². The average molecular weight is 416 g/mol. The van der Waals surface area contributed by atoms with Gasteiger partial charge in [0.05, 0.1) is 20.9 Å². The van der Waals surface area contributed by atoms with Crippen molar-refractivity contribution in [3.63, 3.8) is 0 Å². The number of hydrogen-bond acceptors (Lipinski definition) is 6. The molecule has 0 radical (unpaired) electrons. The third-order valence-corrected chi connectivity index (χ3v) is 4.87. The summed E-state index contributed by atoms with van der Waals surface area (Å²) in [6.45, 7) is 0.0288. The summed E-state index contributed by atoms with van der Waals surface area (Å²) in [4.78, 5) is 16.4. The fourth-order valence-electron chi connectivity index (χ4n) is 2.82. The summed E-state index contributed by atoms with van der Waals surface area (Å²) < 4.78 is 20.8. The maximum absolute atomic E-state index is 15.1. The normalized spacial score (nSPS) is 11.0. The van der Waals surface area contributed by atoms with E-state index >= 15 is 4.39 Å². The Labute approximate surface area is 169 Å². The molecule has 28 heavy (non-hydrogen) atoms. The van der Waals surface area contributed by atoms with E-state index in [2.05, 4.69) is 19.9 Å². The van der Waals surface area contributed by atoms with Crippen molar-refractivity contribution in [2.24, 2.45) is 0 Å². The van der Waals surface area contributed by atoms with Gasteiger partial charge in [-0.1, -0.05) is 35.3 Å². The van der Waals surface area contributed by atoms with Crippen LogP contribution in [-0.4, -0.2) is 19.9 Å². The number of hydrogen-bond donors (Lipinski definition) is 1. The molecule has 0 atom stereocenters. The molecule has 0 saturated carbocycles. The van der Waals surface area contributed by atoms with E-state index in [1.165, 1.54) is 12.4 Å². The Bertz CT molecular complexity index is 1170. The lowest BCUT2D eigenvalue weighted by Crippen LogP contribution is -2.04. The Hall–Kier alpha value is -3.03. The summed E-state index contributed by atoms with van der Waals surface area (Å²) in [5, 5.41) is 0.883. The van der Waals surface area contributed by atoms with Crippen LogP contribution in [-0.2, 0) is 6.61 Å². The van der Waals surface area contributed by atoms with E-state index in [0.717, 1.165) is 0 Å². The van der Waals surface area contributed by atoms with Gasteiger partial charge in [0.15, 0.2) is 5.82 Å². The highest BCUT2D eigenvalue weighted by molar-refractivity contribution is 6.44. The smallest absolute Gasteiger partial charge is 0.166 e. The molecule has 0 unspecified atom stereocenters. The fourth-order valence-corrected chi connectivity index (χ4v) is 3.21. The van der Waals surface area contributed by atoms with Crippen molar-refractivity contribution in [2.75, 3.05) is 5.73 Å². The number of aromatic nitrogens is 4. The monoisotopic (exact) mass is 415 g/mol. The molecular formula is C19H12Cl2FN5O. The second-order valence-electron chi connectivity index (χ2n) is 5.77. The van der Waals surface area contributed by atoms with E-state index < -0.39 is 5.82 Å². The first-order valence-corrected chi connectivity index (χ1v) is 8.87. The summed E-state index contributed by atoms with van der Waals surface area (Å²) in [7, 11) is 0. The molecule has 6 nitrogen and oxygen atoms in total. The van der Waals surface area contributed by atoms with Crippen molar-refractivity contribution < 1.29 is 9.13 Å². The molecule has 0 aliphatic heterocycles. The third-order valence-electron chi connectivity index (χ3n) is 4.05. The molecule has 0 saturated heterocycles. The Morgan fingerprint density at radius 3 is 2.61 bits per heavy atom. The Kier molecular flexibility index (Phi) is 4.93. The van der Waals surface area contributed by atoms with Gasteiger partial charge in [-0.3, -0.25) is 0 Å². The zero-order valence-electron chi connectivity index (χ0n) is 14.2. The molecule has 2 aromatic carbocycles. The van der Waals surface area contributed by atoms with Crippen molar-refractivity contribution in [1.82, 2.24) is 19.9 Å². The first-order valence-electron chi connectivity index (χ1n) is 8.12. The second-order valence-corrected chi connectivity index (χ2v) is 6.55. The van der Waals surface area contributed by atoms with E-state index in [1.807, 2.05) is 0 Å². The van der Waals surface area contributed by atoms with E-state index in [1.54, 1.807) is 36.7 Å². The summed E-state index contributed by atoms with van der Waals surface area (Å²) in [6.07, 6.45) is 4.43. The predicted molar refractivity (Wildman–Crippen MR) is 106 cm³/mol. The molecule has 2 heterocycles. The largest absolute Gasteiger partial charge is 0.485 e. The maximum atomic E-state index is 15.1. The van der Waals surface area contributed by atoms with Gasteiger partial charge in [-0.15, -0.1) is 0 Å². The highest BCUT2D eigenvalue weighted by atomic mass is 35.5. The SMILES string of the molecule is Nc1ncnc2c(-c3cccc(Cl)c3Cl)c(F)cc(OCc3ncccn3)c12. The molecule has 0 aliphatic carbocycles. The van der Waals surface area contributed by atoms with Crippen molar-refractivity contribution in [1.29, 1.82) is 0 Å². The summed E-state index contributed by atoms with van der Waals surface area (Å²) >= 11 is 12.4.